The first-order valence-electron chi connectivity index (χ1n) is 8.80. The van der Waals surface area contributed by atoms with E-state index in [4.69, 9.17) is 9.47 Å². The van der Waals surface area contributed by atoms with Gasteiger partial charge >= 0.3 is 5.69 Å². The van der Waals surface area contributed by atoms with Gasteiger partial charge in [-0.25, -0.2) is 0 Å². The van der Waals surface area contributed by atoms with E-state index < -0.39 is 27.1 Å². The number of non-ortho nitro benzene ring substituents is 1. The fourth-order valence-corrected chi connectivity index (χ4v) is 3.46. The molecule has 31 heavy (non-hydrogen) atoms. The lowest BCUT2D eigenvalue weighted by Crippen LogP contribution is -2.22. The SMILES string of the molecule is CCOc1cc(/C=C2/SC(=O)N(C)C2=O)ccc1Oc1ccc([N+](=O)[O-])cc1[N+](=O)[O-]. The largest absolute Gasteiger partial charge is 0.490 e. The van der Waals surface area contributed by atoms with Crippen LogP contribution >= 0.6 is 11.8 Å². The molecular formula is C19H15N3O8S. The molecule has 0 radical (unpaired) electrons. The van der Waals surface area contributed by atoms with Gasteiger partial charge in [-0.15, -0.1) is 0 Å². The number of nitro groups is 2. The van der Waals surface area contributed by atoms with Gasteiger partial charge in [0.1, 0.15) is 0 Å². The van der Waals surface area contributed by atoms with E-state index >= 15 is 0 Å². The van der Waals surface area contributed by atoms with Crippen LogP contribution in [0.5, 0.6) is 17.2 Å². The quantitative estimate of drug-likeness (QED) is 0.345. The Morgan fingerprint density at radius 2 is 1.74 bits per heavy atom. The second kappa shape index (κ2) is 8.83. The molecule has 1 aliphatic heterocycles. The predicted octanol–water partition coefficient (Wildman–Crippen LogP) is 4.36. The first-order chi connectivity index (χ1) is 14.7. The Balaban J connectivity index is 1.96. The van der Waals surface area contributed by atoms with Crippen molar-refractivity contribution in [2.24, 2.45) is 0 Å². The standard InChI is InChI=1S/C19H15N3O8S/c1-3-29-16-8-11(9-17-18(23)20(2)19(24)31-17)4-6-15(16)30-14-7-5-12(21(25)26)10-13(14)22(27)28/h4-10H,3H2,1-2H3/b17-9+. The van der Waals surface area contributed by atoms with Gasteiger partial charge in [0.15, 0.2) is 11.5 Å². The van der Waals surface area contributed by atoms with Crippen molar-refractivity contribution in [1.82, 2.24) is 4.90 Å². The van der Waals surface area contributed by atoms with Crippen molar-refractivity contribution in [2.75, 3.05) is 13.7 Å². The molecule has 0 unspecified atom stereocenters. The lowest BCUT2D eigenvalue weighted by atomic mass is 10.1. The number of hydrogen-bond donors (Lipinski definition) is 0. The van der Waals surface area contributed by atoms with E-state index in [0.29, 0.717) is 5.56 Å². The molecule has 0 bridgehead atoms. The van der Waals surface area contributed by atoms with Crippen molar-refractivity contribution in [3.8, 4) is 17.2 Å². The number of likely N-dealkylation sites (N-methyl/N-ethyl adjacent to an activating group) is 1. The number of imide groups is 1. The van der Waals surface area contributed by atoms with E-state index in [1.807, 2.05) is 0 Å². The number of benzene rings is 2. The molecule has 0 spiro atoms. The van der Waals surface area contributed by atoms with Gasteiger partial charge in [0.25, 0.3) is 16.8 Å². The number of hydrogen-bond acceptors (Lipinski definition) is 9. The van der Waals surface area contributed by atoms with Gasteiger partial charge in [0.05, 0.1) is 27.4 Å². The number of thioether (sulfide) groups is 1. The van der Waals surface area contributed by atoms with E-state index in [9.17, 15) is 29.8 Å². The highest BCUT2D eigenvalue weighted by atomic mass is 32.2. The maximum absolute atomic E-state index is 12.1. The molecule has 0 saturated carbocycles. The van der Waals surface area contributed by atoms with E-state index in [2.05, 4.69) is 0 Å². The summed E-state index contributed by atoms with van der Waals surface area (Å²) in [5.74, 6) is -0.245. The summed E-state index contributed by atoms with van der Waals surface area (Å²) in [6.45, 7) is 1.99. The van der Waals surface area contributed by atoms with Crippen molar-refractivity contribution in [3.05, 3.63) is 67.1 Å². The van der Waals surface area contributed by atoms with Crippen LogP contribution in [0.15, 0.2) is 41.3 Å². The summed E-state index contributed by atoms with van der Waals surface area (Å²) < 4.78 is 11.2. The van der Waals surface area contributed by atoms with Crippen LogP contribution in [0.4, 0.5) is 16.2 Å². The Bertz CT molecular complexity index is 1130. The Morgan fingerprint density at radius 1 is 1.03 bits per heavy atom. The minimum atomic E-state index is -0.780. The molecule has 0 N–H and O–H groups in total. The molecule has 0 aromatic heterocycles. The molecule has 2 amide bonds. The minimum absolute atomic E-state index is 0.138. The number of carbonyl (C=O) groups excluding carboxylic acids is 2. The molecule has 1 heterocycles. The average molecular weight is 445 g/mol. The zero-order valence-electron chi connectivity index (χ0n) is 16.3. The highest BCUT2D eigenvalue weighted by molar-refractivity contribution is 8.18. The molecule has 1 saturated heterocycles. The van der Waals surface area contributed by atoms with E-state index in [-0.39, 0.29) is 34.0 Å². The van der Waals surface area contributed by atoms with Crippen LogP contribution in [-0.4, -0.2) is 39.5 Å². The fraction of sp³-hybridized carbons (Fsp3) is 0.158. The van der Waals surface area contributed by atoms with Crippen LogP contribution in [0.25, 0.3) is 6.08 Å². The molecule has 160 valence electrons. The molecule has 1 fully saturated rings. The molecular weight excluding hydrogens is 430 g/mol. The normalized spacial score (nSPS) is 14.8. The summed E-state index contributed by atoms with van der Waals surface area (Å²) in [7, 11) is 1.39. The first-order valence-corrected chi connectivity index (χ1v) is 9.62. The van der Waals surface area contributed by atoms with E-state index in [1.165, 1.54) is 19.2 Å². The van der Waals surface area contributed by atoms with Crippen LogP contribution < -0.4 is 9.47 Å². The van der Waals surface area contributed by atoms with Crippen molar-refractivity contribution in [1.29, 1.82) is 0 Å². The predicted molar refractivity (Wildman–Crippen MR) is 111 cm³/mol. The number of ether oxygens (including phenoxy) is 2. The number of nitro benzene ring substituents is 2. The number of nitrogens with zero attached hydrogens (tertiary/aromatic N) is 3. The Kier molecular flexibility index (Phi) is 6.20. The molecule has 3 rings (SSSR count). The van der Waals surface area contributed by atoms with Crippen molar-refractivity contribution in [3.63, 3.8) is 0 Å². The molecule has 11 nitrogen and oxygen atoms in total. The lowest BCUT2D eigenvalue weighted by molar-refractivity contribution is -0.394. The summed E-state index contributed by atoms with van der Waals surface area (Å²) in [6.07, 6.45) is 1.52. The Labute approximate surface area is 179 Å². The average Bonchev–Trinajstić information content (AvgIpc) is 2.96. The maximum Gasteiger partial charge on any atom is 0.318 e. The van der Waals surface area contributed by atoms with Gasteiger partial charge in [-0.2, -0.15) is 0 Å². The minimum Gasteiger partial charge on any atom is -0.490 e. The summed E-state index contributed by atoms with van der Waals surface area (Å²) in [5.41, 5.74) is -0.463. The molecule has 1 aliphatic rings. The third-order valence-electron chi connectivity index (χ3n) is 4.12. The summed E-state index contributed by atoms with van der Waals surface area (Å²) >= 11 is 0.808. The van der Waals surface area contributed by atoms with E-state index in [0.717, 1.165) is 34.9 Å². The fourth-order valence-electron chi connectivity index (χ4n) is 2.63. The molecule has 0 atom stereocenters. The Morgan fingerprint density at radius 3 is 2.32 bits per heavy atom. The molecule has 2 aromatic carbocycles. The van der Waals surface area contributed by atoms with Crippen LogP contribution in [-0.2, 0) is 4.79 Å². The zero-order chi connectivity index (χ0) is 22.7. The van der Waals surface area contributed by atoms with Gasteiger partial charge in [0.2, 0.25) is 5.75 Å². The molecule has 12 heteroatoms. The van der Waals surface area contributed by atoms with Gasteiger partial charge < -0.3 is 9.47 Å². The maximum atomic E-state index is 12.1. The third kappa shape index (κ3) is 4.64. The van der Waals surface area contributed by atoms with Gasteiger partial charge in [-0.1, -0.05) is 6.07 Å². The number of rotatable bonds is 7. The summed E-state index contributed by atoms with van der Waals surface area (Å²) in [6, 6.07) is 7.66. The smallest absolute Gasteiger partial charge is 0.318 e. The highest BCUT2D eigenvalue weighted by Crippen LogP contribution is 2.39. The van der Waals surface area contributed by atoms with Crippen LogP contribution in [0, 0.1) is 20.2 Å². The highest BCUT2D eigenvalue weighted by Gasteiger charge is 2.31. The van der Waals surface area contributed by atoms with Crippen molar-refractivity contribution >= 4 is 40.4 Å². The number of carbonyl (C=O) groups is 2. The number of amides is 2. The lowest BCUT2D eigenvalue weighted by Gasteiger charge is -2.12. The van der Waals surface area contributed by atoms with Crippen LogP contribution in [0.3, 0.4) is 0 Å². The second-order valence-electron chi connectivity index (χ2n) is 6.15. The topological polar surface area (TPSA) is 142 Å². The van der Waals surface area contributed by atoms with Crippen LogP contribution in [0.2, 0.25) is 0 Å². The molecule has 2 aromatic rings. The summed E-state index contributed by atoms with van der Waals surface area (Å²) in [4.78, 5) is 45.7. The van der Waals surface area contributed by atoms with E-state index in [1.54, 1.807) is 19.1 Å². The first kappa shape index (κ1) is 21.8. The second-order valence-corrected chi connectivity index (χ2v) is 7.14. The van der Waals surface area contributed by atoms with Gasteiger partial charge in [-0.3, -0.25) is 34.7 Å². The zero-order valence-corrected chi connectivity index (χ0v) is 17.1. The van der Waals surface area contributed by atoms with Crippen molar-refractivity contribution < 1.29 is 28.9 Å². The van der Waals surface area contributed by atoms with Crippen LogP contribution in [0.1, 0.15) is 12.5 Å². The monoisotopic (exact) mass is 445 g/mol. The molecule has 0 aliphatic carbocycles. The summed E-state index contributed by atoms with van der Waals surface area (Å²) in [5, 5.41) is 21.8. The van der Waals surface area contributed by atoms with Gasteiger partial charge in [0, 0.05) is 13.1 Å². The van der Waals surface area contributed by atoms with Crippen molar-refractivity contribution in [2.45, 2.75) is 6.92 Å². The Hall–Kier alpha value is -3.93. The third-order valence-corrected chi connectivity index (χ3v) is 5.08. The van der Waals surface area contributed by atoms with Gasteiger partial charge in [-0.05, 0) is 48.5 Å².